The first kappa shape index (κ1) is 13.7. The standard InChI is InChI=1S/C5H10N2O8/c6-3(7,1(8)9)5(14,15)4(12,13)2(10)11/h12-15H,6-7H2,(H,8,9)(H,10,11). The predicted molar refractivity (Wildman–Crippen MR) is 40.7 cm³/mol. The first-order chi connectivity index (χ1) is 6.39. The molecule has 0 aromatic heterocycles. The van der Waals surface area contributed by atoms with Crippen molar-refractivity contribution >= 4 is 11.9 Å². The van der Waals surface area contributed by atoms with Crippen LogP contribution >= 0.6 is 0 Å². The zero-order valence-electron chi connectivity index (χ0n) is 7.15. The van der Waals surface area contributed by atoms with Gasteiger partial charge in [0.15, 0.2) is 0 Å². The smallest absolute Gasteiger partial charge is 0.370 e. The van der Waals surface area contributed by atoms with Gasteiger partial charge in [-0.25, -0.2) is 9.59 Å². The molecule has 0 aliphatic heterocycles. The third-order valence-electron chi connectivity index (χ3n) is 1.72. The molecule has 0 heterocycles. The maximum atomic E-state index is 10.4. The zero-order valence-corrected chi connectivity index (χ0v) is 7.15. The van der Waals surface area contributed by atoms with Crippen LogP contribution in [0.1, 0.15) is 0 Å². The van der Waals surface area contributed by atoms with E-state index in [2.05, 4.69) is 11.5 Å². The number of rotatable bonds is 4. The number of aliphatic carboxylic acids is 2. The van der Waals surface area contributed by atoms with Crippen LogP contribution in [0, 0.1) is 0 Å². The van der Waals surface area contributed by atoms with Gasteiger partial charge < -0.3 is 30.6 Å². The Morgan fingerprint density at radius 3 is 1.40 bits per heavy atom. The van der Waals surface area contributed by atoms with E-state index in [0.29, 0.717) is 0 Å². The maximum Gasteiger partial charge on any atom is 0.370 e. The SMILES string of the molecule is NC(N)(C(=O)O)C(O)(O)C(O)(O)C(=O)O. The van der Waals surface area contributed by atoms with Gasteiger partial charge in [0.1, 0.15) is 0 Å². The van der Waals surface area contributed by atoms with Gasteiger partial charge in [-0.15, -0.1) is 0 Å². The molecule has 10 N–H and O–H groups in total. The minimum atomic E-state index is -4.24. The molecule has 0 rings (SSSR count). The number of hydrogen-bond acceptors (Lipinski definition) is 8. The van der Waals surface area contributed by atoms with E-state index >= 15 is 0 Å². The Bertz CT molecular complexity index is 267. The Labute approximate surface area is 82.0 Å². The molecule has 0 bridgehead atoms. The van der Waals surface area contributed by atoms with Gasteiger partial charge in [0.05, 0.1) is 0 Å². The lowest BCUT2D eigenvalue weighted by atomic mass is 9.92. The number of carboxylic acid groups (broad SMARTS) is 2. The topological polar surface area (TPSA) is 208 Å². The monoisotopic (exact) mass is 226 g/mol. The van der Waals surface area contributed by atoms with Crippen molar-refractivity contribution in [2.45, 2.75) is 17.2 Å². The highest BCUT2D eigenvalue weighted by Gasteiger charge is 2.67. The van der Waals surface area contributed by atoms with Gasteiger partial charge in [0.2, 0.25) is 5.66 Å². The van der Waals surface area contributed by atoms with Crippen molar-refractivity contribution in [1.82, 2.24) is 0 Å². The Balaban J connectivity index is 5.50. The Morgan fingerprint density at radius 1 is 0.867 bits per heavy atom. The van der Waals surface area contributed by atoms with Gasteiger partial charge in [-0.05, 0) is 0 Å². The third-order valence-corrected chi connectivity index (χ3v) is 1.72. The first-order valence-electron chi connectivity index (χ1n) is 3.33. The zero-order chi connectivity index (χ0) is 12.7. The van der Waals surface area contributed by atoms with E-state index < -0.39 is 29.2 Å². The maximum absolute atomic E-state index is 10.4. The fourth-order valence-electron chi connectivity index (χ4n) is 0.587. The van der Waals surface area contributed by atoms with Gasteiger partial charge >= 0.3 is 17.7 Å². The number of nitrogens with two attached hydrogens (primary N) is 2. The fourth-order valence-corrected chi connectivity index (χ4v) is 0.587. The summed E-state index contributed by atoms with van der Waals surface area (Å²) in [6, 6.07) is 0. The molecular weight excluding hydrogens is 216 g/mol. The summed E-state index contributed by atoms with van der Waals surface area (Å²) in [7, 11) is 0. The molecule has 0 saturated carbocycles. The van der Waals surface area contributed by atoms with Crippen molar-refractivity contribution < 1.29 is 40.2 Å². The van der Waals surface area contributed by atoms with E-state index in [4.69, 9.17) is 30.6 Å². The Morgan fingerprint density at radius 2 is 1.20 bits per heavy atom. The normalized spacial score (nSPS) is 13.7. The minimum absolute atomic E-state index is 2.25. The largest absolute Gasteiger partial charge is 0.479 e. The molecule has 0 unspecified atom stereocenters. The van der Waals surface area contributed by atoms with Crippen molar-refractivity contribution in [2.75, 3.05) is 0 Å². The second kappa shape index (κ2) is 3.37. The lowest BCUT2D eigenvalue weighted by molar-refractivity contribution is -0.363. The Hall–Kier alpha value is -1.30. The van der Waals surface area contributed by atoms with Gasteiger partial charge in [-0.1, -0.05) is 0 Å². The average Bonchev–Trinajstić information content (AvgIpc) is 2.02. The van der Waals surface area contributed by atoms with Crippen molar-refractivity contribution in [3.8, 4) is 0 Å². The summed E-state index contributed by atoms with van der Waals surface area (Å²) >= 11 is 0. The number of aliphatic hydroxyl groups is 4. The van der Waals surface area contributed by atoms with Crippen LogP contribution in [-0.2, 0) is 9.59 Å². The first-order valence-corrected chi connectivity index (χ1v) is 3.33. The minimum Gasteiger partial charge on any atom is -0.479 e. The summed E-state index contributed by atoms with van der Waals surface area (Å²) in [6.45, 7) is 0. The van der Waals surface area contributed by atoms with Crippen LogP contribution in [0.2, 0.25) is 0 Å². The molecule has 88 valence electrons. The Kier molecular flexibility index (Phi) is 3.08. The van der Waals surface area contributed by atoms with Crippen molar-refractivity contribution in [3.63, 3.8) is 0 Å². The van der Waals surface area contributed by atoms with Crippen LogP contribution < -0.4 is 11.5 Å². The van der Waals surface area contributed by atoms with E-state index in [0.717, 1.165) is 0 Å². The van der Waals surface area contributed by atoms with Crippen LogP contribution in [0.15, 0.2) is 0 Å². The highest BCUT2D eigenvalue weighted by atomic mass is 16.6. The van der Waals surface area contributed by atoms with E-state index in [1.807, 2.05) is 0 Å². The molecule has 0 aliphatic rings. The molecular formula is C5H10N2O8. The number of carboxylic acids is 2. The summed E-state index contributed by atoms with van der Waals surface area (Å²) in [6.07, 6.45) is 0. The lowest BCUT2D eigenvalue weighted by Gasteiger charge is -2.39. The molecule has 0 aromatic rings. The molecule has 0 radical (unpaired) electrons. The fraction of sp³-hybridized carbons (Fsp3) is 0.600. The molecule has 0 atom stereocenters. The van der Waals surface area contributed by atoms with E-state index in [1.54, 1.807) is 0 Å². The van der Waals surface area contributed by atoms with Gasteiger partial charge in [0.25, 0.3) is 5.79 Å². The van der Waals surface area contributed by atoms with Crippen molar-refractivity contribution in [2.24, 2.45) is 11.5 Å². The summed E-state index contributed by atoms with van der Waals surface area (Å²) in [5, 5.41) is 51.9. The quantitative estimate of drug-likeness (QED) is 0.214. The summed E-state index contributed by atoms with van der Waals surface area (Å²) in [5.74, 6) is -13.2. The molecule has 0 saturated heterocycles. The lowest BCUT2D eigenvalue weighted by Crippen LogP contribution is -2.81. The van der Waals surface area contributed by atoms with E-state index in [-0.39, 0.29) is 0 Å². The van der Waals surface area contributed by atoms with Gasteiger partial charge in [-0.3, -0.25) is 11.5 Å². The van der Waals surface area contributed by atoms with Crippen molar-refractivity contribution in [3.05, 3.63) is 0 Å². The molecule has 0 spiro atoms. The molecule has 0 amide bonds. The average molecular weight is 226 g/mol. The molecule has 15 heavy (non-hydrogen) atoms. The van der Waals surface area contributed by atoms with E-state index in [9.17, 15) is 9.59 Å². The van der Waals surface area contributed by atoms with Gasteiger partial charge in [-0.2, -0.15) is 0 Å². The van der Waals surface area contributed by atoms with Crippen LogP contribution in [0.25, 0.3) is 0 Å². The highest BCUT2D eigenvalue weighted by molar-refractivity contribution is 5.83. The van der Waals surface area contributed by atoms with Crippen LogP contribution in [0.5, 0.6) is 0 Å². The van der Waals surface area contributed by atoms with E-state index in [1.165, 1.54) is 0 Å². The summed E-state index contributed by atoms with van der Waals surface area (Å²) < 4.78 is 0. The molecule has 0 fully saturated rings. The second-order valence-corrected chi connectivity index (χ2v) is 2.82. The third kappa shape index (κ3) is 1.77. The molecule has 10 nitrogen and oxygen atoms in total. The molecule has 0 aliphatic carbocycles. The molecule has 0 aromatic carbocycles. The summed E-state index contributed by atoms with van der Waals surface area (Å²) in [4.78, 5) is 20.6. The van der Waals surface area contributed by atoms with Crippen LogP contribution in [0.3, 0.4) is 0 Å². The van der Waals surface area contributed by atoms with Crippen LogP contribution in [0.4, 0.5) is 0 Å². The van der Waals surface area contributed by atoms with Gasteiger partial charge in [0, 0.05) is 0 Å². The second-order valence-electron chi connectivity index (χ2n) is 2.82. The number of carbonyl (C=O) groups is 2. The van der Waals surface area contributed by atoms with Crippen molar-refractivity contribution in [1.29, 1.82) is 0 Å². The summed E-state index contributed by atoms with van der Waals surface area (Å²) in [5.41, 5.74) is 5.82. The molecule has 10 heteroatoms. The highest BCUT2D eigenvalue weighted by Crippen LogP contribution is 2.25. The van der Waals surface area contributed by atoms with Crippen LogP contribution in [-0.4, -0.2) is 59.8 Å². The predicted octanol–water partition coefficient (Wildman–Crippen LogP) is -4.87. The number of hydrogen-bond donors (Lipinski definition) is 8.